The number of anilines is 1. The van der Waals surface area contributed by atoms with E-state index < -0.39 is 10.0 Å². The zero-order valence-corrected chi connectivity index (χ0v) is 19.5. The van der Waals surface area contributed by atoms with Gasteiger partial charge >= 0.3 is 0 Å². The maximum absolute atomic E-state index is 13.3. The second kappa shape index (κ2) is 9.70. The third kappa shape index (κ3) is 5.37. The first kappa shape index (κ1) is 23.1. The molecule has 1 heterocycles. The molecule has 2 aromatic rings. The number of aryl methyl sites for hydroxylation is 1. The number of benzene rings is 2. The van der Waals surface area contributed by atoms with Crippen LogP contribution in [-0.2, 0) is 10.0 Å². The Labute approximate surface area is 185 Å². The van der Waals surface area contributed by atoms with Crippen molar-refractivity contribution in [2.45, 2.75) is 24.7 Å². The van der Waals surface area contributed by atoms with Crippen LogP contribution in [0.1, 0.15) is 28.8 Å². The van der Waals surface area contributed by atoms with Gasteiger partial charge in [-0.05, 0) is 55.7 Å². The van der Waals surface area contributed by atoms with Gasteiger partial charge in [0.05, 0.1) is 17.0 Å². The molecular weight excluding hydrogens is 414 g/mol. The molecular formula is C23H31N3O4S. The Balaban J connectivity index is 1.81. The molecule has 0 radical (unpaired) electrons. The van der Waals surface area contributed by atoms with Gasteiger partial charge in [-0.3, -0.25) is 4.79 Å². The van der Waals surface area contributed by atoms with E-state index in [1.165, 1.54) is 20.2 Å². The van der Waals surface area contributed by atoms with E-state index in [0.29, 0.717) is 18.7 Å². The molecule has 0 spiro atoms. The van der Waals surface area contributed by atoms with Crippen LogP contribution in [0.2, 0.25) is 0 Å². The molecule has 3 rings (SSSR count). The van der Waals surface area contributed by atoms with E-state index in [2.05, 4.69) is 4.90 Å². The number of amides is 1. The van der Waals surface area contributed by atoms with Crippen LogP contribution in [0.3, 0.4) is 0 Å². The minimum atomic E-state index is -3.64. The topological polar surface area (TPSA) is 70.2 Å². The van der Waals surface area contributed by atoms with Crippen LogP contribution in [0, 0.1) is 6.92 Å². The van der Waals surface area contributed by atoms with Gasteiger partial charge in [0.15, 0.2) is 0 Å². The lowest BCUT2D eigenvalue weighted by atomic mass is 10.1. The van der Waals surface area contributed by atoms with Gasteiger partial charge in [0.1, 0.15) is 12.4 Å². The van der Waals surface area contributed by atoms with E-state index in [9.17, 15) is 13.2 Å². The minimum Gasteiger partial charge on any atom is -0.492 e. The Kier molecular flexibility index (Phi) is 7.23. The Hall–Kier alpha value is -2.58. The summed E-state index contributed by atoms with van der Waals surface area (Å²) < 4.78 is 32.2. The molecule has 168 valence electrons. The molecule has 0 N–H and O–H groups in total. The fraction of sp³-hybridized carbons (Fsp3) is 0.435. The van der Waals surface area contributed by atoms with Crippen LogP contribution in [0.4, 0.5) is 5.69 Å². The first-order chi connectivity index (χ1) is 14.7. The molecule has 1 saturated heterocycles. The van der Waals surface area contributed by atoms with Crippen molar-refractivity contribution < 1.29 is 17.9 Å². The largest absolute Gasteiger partial charge is 0.492 e. The molecule has 0 unspecified atom stereocenters. The summed E-state index contributed by atoms with van der Waals surface area (Å²) in [6, 6.07) is 12.6. The zero-order chi connectivity index (χ0) is 22.6. The van der Waals surface area contributed by atoms with Crippen molar-refractivity contribution in [3.8, 4) is 5.75 Å². The first-order valence-electron chi connectivity index (χ1n) is 10.5. The fourth-order valence-electron chi connectivity index (χ4n) is 3.60. The SMILES string of the molecule is Cc1cccc(OCCN(C)C(=O)c2cc(S(=O)(=O)N(C)C)ccc2N2CCCC2)c1. The summed E-state index contributed by atoms with van der Waals surface area (Å²) >= 11 is 0. The highest BCUT2D eigenvalue weighted by atomic mass is 32.2. The van der Waals surface area contributed by atoms with Crippen LogP contribution in [0.25, 0.3) is 0 Å². The third-order valence-corrected chi connectivity index (χ3v) is 7.27. The van der Waals surface area contributed by atoms with Gasteiger partial charge in [-0.1, -0.05) is 12.1 Å². The van der Waals surface area contributed by atoms with Crippen LogP contribution >= 0.6 is 0 Å². The van der Waals surface area contributed by atoms with Crippen molar-refractivity contribution in [1.82, 2.24) is 9.21 Å². The molecule has 1 aliphatic rings. The standard InChI is InChI=1S/C23H31N3O4S/c1-18-8-7-9-19(16-18)30-15-14-25(4)23(27)21-17-20(31(28,29)24(2)3)10-11-22(21)26-12-5-6-13-26/h7-11,16-17H,5-6,12-15H2,1-4H3. The molecule has 1 fully saturated rings. The number of carbonyl (C=O) groups excluding carboxylic acids is 1. The summed E-state index contributed by atoms with van der Waals surface area (Å²) in [6.07, 6.45) is 2.12. The number of hydrogen-bond donors (Lipinski definition) is 0. The molecule has 0 bridgehead atoms. The Morgan fingerprint density at radius 1 is 1.06 bits per heavy atom. The number of hydrogen-bond acceptors (Lipinski definition) is 5. The maximum atomic E-state index is 13.3. The Bertz CT molecular complexity index is 1030. The van der Waals surface area contributed by atoms with Crippen molar-refractivity contribution in [2.24, 2.45) is 0 Å². The number of nitrogens with zero attached hydrogens (tertiary/aromatic N) is 3. The highest BCUT2D eigenvalue weighted by Gasteiger charge is 2.26. The zero-order valence-electron chi connectivity index (χ0n) is 18.7. The van der Waals surface area contributed by atoms with Crippen molar-refractivity contribution in [1.29, 1.82) is 0 Å². The smallest absolute Gasteiger partial charge is 0.255 e. The second-order valence-electron chi connectivity index (χ2n) is 8.05. The molecule has 0 aromatic heterocycles. The van der Waals surface area contributed by atoms with Crippen LogP contribution in [0.15, 0.2) is 47.4 Å². The van der Waals surface area contributed by atoms with Gasteiger partial charge in [0.2, 0.25) is 10.0 Å². The highest BCUT2D eigenvalue weighted by Crippen LogP contribution is 2.29. The molecule has 7 nitrogen and oxygen atoms in total. The van der Waals surface area contributed by atoms with Gasteiger partial charge in [-0.25, -0.2) is 12.7 Å². The summed E-state index contributed by atoms with van der Waals surface area (Å²) in [7, 11) is 1.05. The van der Waals surface area contributed by atoms with Gasteiger partial charge < -0.3 is 14.5 Å². The monoisotopic (exact) mass is 445 g/mol. The number of sulfonamides is 1. The van der Waals surface area contributed by atoms with Gasteiger partial charge in [-0.15, -0.1) is 0 Å². The van der Waals surface area contributed by atoms with E-state index in [-0.39, 0.29) is 10.8 Å². The number of likely N-dealkylation sites (N-methyl/N-ethyl adjacent to an activating group) is 1. The normalized spacial score (nSPS) is 14.2. The summed E-state index contributed by atoms with van der Waals surface area (Å²) in [5, 5.41) is 0. The summed E-state index contributed by atoms with van der Waals surface area (Å²) in [6.45, 7) is 4.45. The van der Waals surface area contributed by atoms with E-state index >= 15 is 0 Å². The molecule has 0 atom stereocenters. The van der Waals surface area contributed by atoms with Gasteiger partial charge in [0.25, 0.3) is 5.91 Å². The quantitative estimate of drug-likeness (QED) is 0.625. The van der Waals surface area contributed by atoms with Crippen molar-refractivity contribution in [3.05, 3.63) is 53.6 Å². The lowest BCUT2D eigenvalue weighted by Crippen LogP contribution is -2.33. The number of carbonyl (C=O) groups is 1. The Morgan fingerprint density at radius 2 is 1.77 bits per heavy atom. The summed E-state index contributed by atoms with van der Waals surface area (Å²) in [5.41, 5.74) is 2.30. The molecule has 1 aliphatic heterocycles. The van der Waals surface area contributed by atoms with Gasteiger partial charge in [0, 0.05) is 39.9 Å². The molecule has 0 saturated carbocycles. The molecule has 2 aromatic carbocycles. The second-order valence-corrected chi connectivity index (χ2v) is 10.2. The molecule has 8 heteroatoms. The number of rotatable bonds is 8. The van der Waals surface area contributed by atoms with Crippen molar-refractivity contribution in [3.63, 3.8) is 0 Å². The third-order valence-electron chi connectivity index (χ3n) is 5.46. The minimum absolute atomic E-state index is 0.119. The van der Waals surface area contributed by atoms with Gasteiger partial charge in [-0.2, -0.15) is 0 Å². The van der Waals surface area contributed by atoms with Crippen molar-refractivity contribution in [2.75, 3.05) is 52.3 Å². The predicted octanol–water partition coefficient (Wildman–Crippen LogP) is 3.00. The average molecular weight is 446 g/mol. The Morgan fingerprint density at radius 3 is 2.42 bits per heavy atom. The van der Waals surface area contributed by atoms with E-state index in [1.54, 1.807) is 24.1 Å². The molecule has 0 aliphatic carbocycles. The van der Waals surface area contributed by atoms with Crippen molar-refractivity contribution >= 4 is 21.6 Å². The highest BCUT2D eigenvalue weighted by molar-refractivity contribution is 7.89. The van der Waals surface area contributed by atoms with E-state index in [4.69, 9.17) is 4.74 Å². The average Bonchev–Trinajstić information content (AvgIpc) is 3.27. The van der Waals surface area contributed by atoms with Crippen LogP contribution in [0.5, 0.6) is 5.75 Å². The predicted molar refractivity (Wildman–Crippen MR) is 122 cm³/mol. The number of ether oxygens (including phenoxy) is 1. The van der Waals surface area contributed by atoms with E-state index in [1.807, 2.05) is 31.2 Å². The summed E-state index contributed by atoms with van der Waals surface area (Å²) in [4.78, 5) is 17.2. The first-order valence-corrected chi connectivity index (χ1v) is 11.9. The lowest BCUT2D eigenvalue weighted by molar-refractivity contribution is 0.0774. The van der Waals surface area contributed by atoms with Crippen LogP contribution < -0.4 is 9.64 Å². The molecule has 31 heavy (non-hydrogen) atoms. The lowest BCUT2D eigenvalue weighted by Gasteiger charge is -2.25. The maximum Gasteiger partial charge on any atom is 0.255 e. The van der Waals surface area contributed by atoms with E-state index in [0.717, 1.165) is 47.2 Å². The molecule has 1 amide bonds. The fourth-order valence-corrected chi connectivity index (χ4v) is 4.53. The van der Waals surface area contributed by atoms with Crippen LogP contribution in [-0.4, -0.2) is 70.9 Å². The summed E-state index contributed by atoms with van der Waals surface area (Å²) in [5.74, 6) is 0.545.